The molecular weight excluding hydrogens is 445 g/mol. The predicted octanol–water partition coefficient (Wildman–Crippen LogP) is 4.20. The highest BCUT2D eigenvalue weighted by atomic mass is 32.2. The summed E-state index contributed by atoms with van der Waals surface area (Å²) in [4.78, 5) is 15.3. The van der Waals surface area contributed by atoms with Gasteiger partial charge in [-0.2, -0.15) is 4.31 Å². The van der Waals surface area contributed by atoms with Crippen LogP contribution in [0.3, 0.4) is 0 Å². The SMILES string of the molecule is COC(=O)c1ccc2c(C)c(F)c(-c3c(F)cc(S(=O)(=O)N4CCCC4)cc3F)nc2c1. The highest BCUT2D eigenvalue weighted by Gasteiger charge is 2.30. The Labute approximate surface area is 182 Å². The van der Waals surface area contributed by atoms with E-state index in [4.69, 9.17) is 0 Å². The molecule has 32 heavy (non-hydrogen) atoms. The lowest BCUT2D eigenvalue weighted by Gasteiger charge is -2.17. The molecule has 1 aromatic heterocycles. The summed E-state index contributed by atoms with van der Waals surface area (Å²) in [7, 11) is -2.87. The fraction of sp³-hybridized carbons (Fsp3) is 0.273. The van der Waals surface area contributed by atoms with E-state index in [0.717, 1.165) is 4.31 Å². The number of benzene rings is 2. The van der Waals surface area contributed by atoms with Gasteiger partial charge in [0.25, 0.3) is 0 Å². The van der Waals surface area contributed by atoms with Crippen LogP contribution in [0.1, 0.15) is 28.8 Å². The smallest absolute Gasteiger partial charge is 0.337 e. The molecule has 1 aliphatic rings. The normalized spacial score (nSPS) is 14.8. The average molecular weight is 464 g/mol. The second kappa shape index (κ2) is 8.18. The molecular formula is C22H19F3N2O4S. The van der Waals surface area contributed by atoms with Crippen LogP contribution >= 0.6 is 0 Å². The molecule has 1 aliphatic heterocycles. The van der Waals surface area contributed by atoms with Gasteiger partial charge in [0, 0.05) is 18.5 Å². The molecule has 0 saturated carbocycles. The molecule has 1 fully saturated rings. The molecule has 0 radical (unpaired) electrons. The van der Waals surface area contributed by atoms with Crippen LogP contribution in [0.25, 0.3) is 22.2 Å². The van der Waals surface area contributed by atoms with Crippen molar-refractivity contribution in [3.8, 4) is 11.3 Å². The Bertz CT molecular complexity index is 1330. The molecule has 3 aromatic rings. The Kier molecular flexibility index (Phi) is 5.68. The van der Waals surface area contributed by atoms with Crippen LogP contribution in [-0.2, 0) is 14.8 Å². The molecule has 0 aliphatic carbocycles. The number of esters is 1. The molecule has 0 N–H and O–H groups in total. The predicted molar refractivity (Wildman–Crippen MR) is 111 cm³/mol. The zero-order valence-corrected chi connectivity index (χ0v) is 18.1. The lowest BCUT2D eigenvalue weighted by atomic mass is 10.0. The summed E-state index contributed by atoms with van der Waals surface area (Å²) < 4.78 is 76.2. The second-order valence-electron chi connectivity index (χ2n) is 7.50. The topological polar surface area (TPSA) is 76.6 Å². The van der Waals surface area contributed by atoms with Gasteiger partial charge in [0.05, 0.1) is 28.6 Å². The molecule has 10 heteroatoms. The van der Waals surface area contributed by atoms with Gasteiger partial charge in [-0.25, -0.2) is 31.4 Å². The number of carbonyl (C=O) groups is 1. The third-order valence-corrected chi connectivity index (χ3v) is 7.42. The van der Waals surface area contributed by atoms with Gasteiger partial charge in [-0.05, 0) is 49.6 Å². The van der Waals surface area contributed by atoms with Crippen molar-refractivity contribution in [2.75, 3.05) is 20.2 Å². The second-order valence-corrected chi connectivity index (χ2v) is 9.43. The number of nitrogens with zero attached hydrogens (tertiary/aromatic N) is 2. The average Bonchev–Trinajstić information content (AvgIpc) is 3.31. The highest BCUT2D eigenvalue weighted by molar-refractivity contribution is 7.89. The fourth-order valence-electron chi connectivity index (χ4n) is 3.82. The van der Waals surface area contributed by atoms with Crippen LogP contribution in [0.2, 0.25) is 0 Å². The fourth-order valence-corrected chi connectivity index (χ4v) is 5.36. The van der Waals surface area contributed by atoms with E-state index in [1.165, 1.54) is 32.2 Å². The maximum Gasteiger partial charge on any atom is 0.337 e. The first-order valence-electron chi connectivity index (χ1n) is 9.83. The van der Waals surface area contributed by atoms with E-state index in [9.17, 15) is 22.0 Å². The summed E-state index contributed by atoms with van der Waals surface area (Å²) in [5.41, 5.74) is -1.05. The maximum atomic E-state index is 15.1. The van der Waals surface area contributed by atoms with Crippen LogP contribution in [0, 0.1) is 24.4 Å². The minimum absolute atomic E-state index is 0.0778. The van der Waals surface area contributed by atoms with Crippen molar-refractivity contribution in [1.29, 1.82) is 0 Å². The summed E-state index contributed by atoms with van der Waals surface area (Å²) >= 11 is 0. The van der Waals surface area contributed by atoms with Crippen molar-refractivity contribution < 1.29 is 31.1 Å². The van der Waals surface area contributed by atoms with Gasteiger partial charge in [0.2, 0.25) is 10.0 Å². The van der Waals surface area contributed by atoms with Gasteiger partial charge >= 0.3 is 5.97 Å². The molecule has 0 unspecified atom stereocenters. The number of pyridine rings is 1. The summed E-state index contributed by atoms with van der Waals surface area (Å²) in [5, 5.41) is 0.355. The summed E-state index contributed by atoms with van der Waals surface area (Å²) in [6.07, 6.45) is 1.34. The number of ether oxygens (including phenoxy) is 1. The van der Waals surface area contributed by atoms with Crippen molar-refractivity contribution in [2.24, 2.45) is 0 Å². The van der Waals surface area contributed by atoms with E-state index >= 15 is 4.39 Å². The van der Waals surface area contributed by atoms with E-state index < -0.39 is 49.6 Å². The van der Waals surface area contributed by atoms with E-state index in [0.29, 0.717) is 30.4 Å². The quantitative estimate of drug-likeness (QED) is 0.541. The largest absolute Gasteiger partial charge is 0.465 e. The Balaban J connectivity index is 1.88. The van der Waals surface area contributed by atoms with E-state index in [-0.39, 0.29) is 29.7 Å². The van der Waals surface area contributed by atoms with Crippen molar-refractivity contribution >= 4 is 26.9 Å². The zero-order valence-electron chi connectivity index (χ0n) is 17.3. The molecule has 168 valence electrons. The number of sulfonamides is 1. The number of rotatable bonds is 4. The Hall–Kier alpha value is -2.98. The van der Waals surface area contributed by atoms with Crippen LogP contribution in [0.15, 0.2) is 35.2 Å². The van der Waals surface area contributed by atoms with Crippen LogP contribution < -0.4 is 0 Å². The standard InChI is InChI=1S/C22H19F3N2O4S/c1-12-15-6-5-13(22(28)31-2)9-18(15)26-21(20(12)25)19-16(23)10-14(11-17(19)24)32(29,30)27-7-3-4-8-27/h5-6,9-11H,3-4,7-8H2,1-2H3. The highest BCUT2D eigenvalue weighted by Crippen LogP contribution is 2.34. The van der Waals surface area contributed by atoms with Crippen molar-refractivity contribution in [1.82, 2.24) is 9.29 Å². The van der Waals surface area contributed by atoms with Crippen molar-refractivity contribution in [2.45, 2.75) is 24.7 Å². The Morgan fingerprint density at radius 3 is 2.28 bits per heavy atom. The lowest BCUT2D eigenvalue weighted by Crippen LogP contribution is -2.28. The lowest BCUT2D eigenvalue weighted by molar-refractivity contribution is 0.0601. The van der Waals surface area contributed by atoms with Crippen molar-refractivity contribution in [3.63, 3.8) is 0 Å². The first kappa shape index (κ1) is 22.2. The van der Waals surface area contributed by atoms with E-state index in [1.54, 1.807) is 0 Å². The molecule has 2 aromatic carbocycles. The number of aromatic nitrogens is 1. The number of aryl methyl sites for hydroxylation is 1. The third kappa shape index (κ3) is 3.63. The van der Waals surface area contributed by atoms with E-state index in [1.807, 2.05) is 0 Å². The molecule has 0 atom stereocenters. The van der Waals surface area contributed by atoms with Crippen LogP contribution in [0.5, 0.6) is 0 Å². The number of methoxy groups -OCH3 is 1. The molecule has 4 rings (SSSR count). The molecule has 1 saturated heterocycles. The Morgan fingerprint density at radius 1 is 1.06 bits per heavy atom. The molecule has 2 heterocycles. The molecule has 0 bridgehead atoms. The Morgan fingerprint density at radius 2 is 1.69 bits per heavy atom. The van der Waals surface area contributed by atoms with Crippen molar-refractivity contribution in [3.05, 3.63) is 58.9 Å². The maximum absolute atomic E-state index is 15.1. The number of carbonyl (C=O) groups excluding carboxylic acids is 1. The minimum atomic E-state index is -4.07. The van der Waals surface area contributed by atoms with Gasteiger partial charge in [-0.15, -0.1) is 0 Å². The zero-order chi connectivity index (χ0) is 23.2. The number of fused-ring (bicyclic) bond motifs is 1. The number of halogens is 3. The van der Waals surface area contributed by atoms with Gasteiger partial charge in [0.1, 0.15) is 17.3 Å². The summed E-state index contributed by atoms with van der Waals surface area (Å²) in [6.45, 7) is 1.97. The third-order valence-electron chi connectivity index (χ3n) is 5.55. The first-order chi connectivity index (χ1) is 15.1. The van der Waals surface area contributed by atoms with Gasteiger partial charge < -0.3 is 4.74 Å². The monoisotopic (exact) mass is 464 g/mol. The molecule has 0 amide bonds. The summed E-state index contributed by atoms with van der Waals surface area (Å²) in [5.74, 6) is -4.10. The summed E-state index contributed by atoms with van der Waals surface area (Å²) in [6, 6.07) is 5.59. The first-order valence-corrected chi connectivity index (χ1v) is 11.3. The van der Waals surface area contributed by atoms with Gasteiger partial charge in [0.15, 0.2) is 5.82 Å². The van der Waals surface area contributed by atoms with Crippen LogP contribution in [-0.4, -0.2) is 43.9 Å². The van der Waals surface area contributed by atoms with Gasteiger partial charge in [-0.1, -0.05) is 6.07 Å². The van der Waals surface area contributed by atoms with Gasteiger partial charge in [-0.3, -0.25) is 0 Å². The van der Waals surface area contributed by atoms with Crippen LogP contribution in [0.4, 0.5) is 13.2 Å². The minimum Gasteiger partial charge on any atom is -0.465 e. The van der Waals surface area contributed by atoms with E-state index in [2.05, 4.69) is 9.72 Å². The number of hydrogen-bond donors (Lipinski definition) is 0. The molecule has 0 spiro atoms. The number of hydrogen-bond acceptors (Lipinski definition) is 5. The molecule has 6 nitrogen and oxygen atoms in total.